The molecule has 0 unspecified atom stereocenters. The number of aromatic nitrogens is 3. The van der Waals surface area contributed by atoms with Gasteiger partial charge in [-0.2, -0.15) is 5.10 Å². The summed E-state index contributed by atoms with van der Waals surface area (Å²) < 4.78 is 12.6. The Morgan fingerprint density at radius 1 is 1.10 bits per heavy atom. The standard InChI is InChI=1S/C22H24N4O3S/c1-28-18-9-3-15(4-10-18)13-25(17-7-8-17)20(27)14-26-21(23-24-22(26)30)16-5-11-19(29-2)12-6-16/h3-6,9-12,17H,7-8,13-14H2,1-2H3,(H,24,30). The molecule has 4 rings (SSSR count). The maximum absolute atomic E-state index is 13.2. The Bertz CT molecular complexity index is 1070. The van der Waals surface area contributed by atoms with Crippen LogP contribution in [-0.2, 0) is 17.9 Å². The van der Waals surface area contributed by atoms with Gasteiger partial charge in [-0.3, -0.25) is 14.5 Å². The van der Waals surface area contributed by atoms with Gasteiger partial charge < -0.3 is 14.4 Å². The van der Waals surface area contributed by atoms with Gasteiger partial charge in [0.15, 0.2) is 10.6 Å². The van der Waals surface area contributed by atoms with Crippen molar-refractivity contribution >= 4 is 18.1 Å². The molecule has 1 N–H and O–H groups in total. The predicted molar refractivity (Wildman–Crippen MR) is 116 cm³/mol. The molecule has 2 aromatic carbocycles. The Morgan fingerprint density at radius 2 is 1.70 bits per heavy atom. The van der Waals surface area contributed by atoms with Crippen molar-refractivity contribution in [3.05, 3.63) is 58.9 Å². The van der Waals surface area contributed by atoms with Crippen LogP contribution in [0, 0.1) is 4.77 Å². The highest BCUT2D eigenvalue weighted by Crippen LogP contribution is 2.29. The van der Waals surface area contributed by atoms with E-state index in [1.807, 2.05) is 53.4 Å². The molecule has 0 spiro atoms. The number of nitrogens with one attached hydrogen (secondary N) is 1. The van der Waals surface area contributed by atoms with Gasteiger partial charge in [0, 0.05) is 18.2 Å². The molecule has 0 radical (unpaired) electrons. The van der Waals surface area contributed by atoms with E-state index in [1.54, 1.807) is 18.8 Å². The third-order valence-electron chi connectivity index (χ3n) is 5.22. The van der Waals surface area contributed by atoms with Crippen LogP contribution in [0.5, 0.6) is 11.5 Å². The Hall–Kier alpha value is -3.13. The molecule has 0 aliphatic heterocycles. The number of amides is 1. The molecule has 156 valence electrons. The smallest absolute Gasteiger partial charge is 0.243 e. The van der Waals surface area contributed by atoms with E-state index in [4.69, 9.17) is 21.7 Å². The van der Waals surface area contributed by atoms with Crippen LogP contribution >= 0.6 is 12.2 Å². The van der Waals surface area contributed by atoms with Gasteiger partial charge in [-0.25, -0.2) is 0 Å². The molecule has 1 aromatic heterocycles. The predicted octanol–water partition coefficient (Wildman–Crippen LogP) is 3.82. The molecule has 1 aliphatic carbocycles. The van der Waals surface area contributed by atoms with Crippen molar-refractivity contribution in [3.63, 3.8) is 0 Å². The molecule has 8 heteroatoms. The number of rotatable bonds is 8. The van der Waals surface area contributed by atoms with E-state index in [2.05, 4.69) is 10.2 Å². The summed E-state index contributed by atoms with van der Waals surface area (Å²) in [5, 5.41) is 7.15. The lowest BCUT2D eigenvalue weighted by molar-refractivity contribution is -0.133. The molecule has 0 bridgehead atoms. The molecular formula is C22H24N4O3S. The molecule has 0 saturated heterocycles. The molecular weight excluding hydrogens is 400 g/mol. The largest absolute Gasteiger partial charge is 0.497 e. The van der Waals surface area contributed by atoms with Crippen LogP contribution < -0.4 is 9.47 Å². The van der Waals surface area contributed by atoms with E-state index in [1.165, 1.54) is 0 Å². The van der Waals surface area contributed by atoms with Crippen molar-refractivity contribution in [3.8, 4) is 22.9 Å². The number of carbonyl (C=O) groups excluding carboxylic acids is 1. The maximum Gasteiger partial charge on any atom is 0.243 e. The maximum atomic E-state index is 13.2. The normalized spacial score (nSPS) is 13.1. The summed E-state index contributed by atoms with van der Waals surface area (Å²) in [7, 11) is 3.27. The van der Waals surface area contributed by atoms with E-state index in [0.717, 1.165) is 35.5 Å². The second-order valence-electron chi connectivity index (χ2n) is 7.27. The average Bonchev–Trinajstić information content (AvgIpc) is 3.56. The van der Waals surface area contributed by atoms with E-state index in [0.29, 0.717) is 17.1 Å². The Labute approximate surface area is 180 Å². The second-order valence-corrected chi connectivity index (χ2v) is 7.65. The number of hydrogen-bond donors (Lipinski definition) is 1. The molecule has 1 amide bonds. The first-order valence-corrected chi connectivity index (χ1v) is 10.2. The Balaban J connectivity index is 1.54. The molecule has 0 atom stereocenters. The summed E-state index contributed by atoms with van der Waals surface area (Å²) in [5.41, 5.74) is 1.94. The van der Waals surface area contributed by atoms with Gasteiger partial charge in [-0.15, -0.1) is 0 Å². The number of carbonyl (C=O) groups is 1. The van der Waals surface area contributed by atoms with E-state index in [9.17, 15) is 4.79 Å². The third kappa shape index (κ3) is 4.38. The van der Waals surface area contributed by atoms with Crippen LogP contribution in [0.2, 0.25) is 0 Å². The van der Waals surface area contributed by atoms with Gasteiger partial charge in [0.2, 0.25) is 5.91 Å². The fourth-order valence-corrected chi connectivity index (χ4v) is 3.58. The van der Waals surface area contributed by atoms with Crippen molar-refractivity contribution in [2.75, 3.05) is 14.2 Å². The zero-order valence-corrected chi connectivity index (χ0v) is 17.8. The number of aromatic amines is 1. The minimum Gasteiger partial charge on any atom is -0.497 e. The first-order valence-electron chi connectivity index (χ1n) is 9.81. The highest BCUT2D eigenvalue weighted by atomic mass is 32.1. The lowest BCUT2D eigenvalue weighted by Crippen LogP contribution is -2.35. The molecule has 1 heterocycles. The summed E-state index contributed by atoms with van der Waals surface area (Å²) in [6.45, 7) is 0.708. The average molecular weight is 425 g/mol. The zero-order chi connectivity index (χ0) is 21.1. The number of nitrogens with zero attached hydrogens (tertiary/aromatic N) is 3. The van der Waals surface area contributed by atoms with Gasteiger partial charge in [0.1, 0.15) is 18.0 Å². The number of methoxy groups -OCH3 is 2. The monoisotopic (exact) mass is 424 g/mol. The van der Waals surface area contributed by atoms with Crippen LogP contribution in [0.3, 0.4) is 0 Å². The molecule has 3 aromatic rings. The fraction of sp³-hybridized carbons (Fsp3) is 0.318. The highest BCUT2D eigenvalue weighted by Gasteiger charge is 2.33. The first kappa shape index (κ1) is 20.2. The lowest BCUT2D eigenvalue weighted by Gasteiger charge is -2.23. The van der Waals surface area contributed by atoms with Gasteiger partial charge in [0.05, 0.1) is 14.2 Å². The van der Waals surface area contributed by atoms with Crippen molar-refractivity contribution in [1.82, 2.24) is 19.7 Å². The van der Waals surface area contributed by atoms with Crippen molar-refractivity contribution in [2.24, 2.45) is 0 Å². The van der Waals surface area contributed by atoms with Crippen LogP contribution in [0.4, 0.5) is 0 Å². The van der Waals surface area contributed by atoms with Gasteiger partial charge >= 0.3 is 0 Å². The minimum absolute atomic E-state index is 0.0283. The fourth-order valence-electron chi connectivity index (χ4n) is 3.39. The lowest BCUT2D eigenvalue weighted by atomic mass is 10.2. The SMILES string of the molecule is COc1ccc(CN(C(=O)Cn2c(-c3ccc(OC)cc3)n[nH]c2=S)C2CC2)cc1. The zero-order valence-electron chi connectivity index (χ0n) is 17.0. The Morgan fingerprint density at radius 3 is 2.27 bits per heavy atom. The molecule has 1 saturated carbocycles. The number of hydrogen-bond acceptors (Lipinski definition) is 5. The highest BCUT2D eigenvalue weighted by molar-refractivity contribution is 7.71. The van der Waals surface area contributed by atoms with Crippen molar-refractivity contribution in [2.45, 2.75) is 32.0 Å². The minimum atomic E-state index is 0.0283. The second kappa shape index (κ2) is 8.71. The van der Waals surface area contributed by atoms with Gasteiger partial charge in [0.25, 0.3) is 0 Å². The third-order valence-corrected chi connectivity index (χ3v) is 5.53. The van der Waals surface area contributed by atoms with Crippen LogP contribution in [0.25, 0.3) is 11.4 Å². The van der Waals surface area contributed by atoms with E-state index in [-0.39, 0.29) is 18.5 Å². The molecule has 1 fully saturated rings. The summed E-state index contributed by atoms with van der Waals surface area (Å²) in [6, 6.07) is 15.6. The van der Waals surface area contributed by atoms with Gasteiger partial charge in [-0.05, 0) is 67.0 Å². The summed E-state index contributed by atoms with van der Waals surface area (Å²) in [6.07, 6.45) is 2.06. The number of benzene rings is 2. The van der Waals surface area contributed by atoms with Crippen LogP contribution in [0.15, 0.2) is 48.5 Å². The molecule has 1 aliphatic rings. The Kier molecular flexibility index (Phi) is 5.85. The summed E-state index contributed by atoms with van der Waals surface area (Å²) >= 11 is 5.40. The number of H-pyrrole nitrogens is 1. The topological polar surface area (TPSA) is 72.4 Å². The molecule has 30 heavy (non-hydrogen) atoms. The van der Waals surface area contributed by atoms with E-state index < -0.39 is 0 Å². The van der Waals surface area contributed by atoms with E-state index >= 15 is 0 Å². The summed E-state index contributed by atoms with van der Waals surface area (Å²) in [5.74, 6) is 2.23. The summed E-state index contributed by atoms with van der Waals surface area (Å²) in [4.78, 5) is 15.2. The van der Waals surface area contributed by atoms with Crippen LogP contribution in [-0.4, -0.2) is 45.8 Å². The van der Waals surface area contributed by atoms with Crippen molar-refractivity contribution < 1.29 is 14.3 Å². The van der Waals surface area contributed by atoms with Crippen molar-refractivity contribution in [1.29, 1.82) is 0 Å². The number of ether oxygens (including phenoxy) is 2. The van der Waals surface area contributed by atoms with Crippen LogP contribution in [0.1, 0.15) is 18.4 Å². The molecule has 7 nitrogen and oxygen atoms in total. The first-order chi connectivity index (χ1) is 14.6. The van der Waals surface area contributed by atoms with Gasteiger partial charge in [-0.1, -0.05) is 12.1 Å². The quantitative estimate of drug-likeness (QED) is 0.557.